The lowest BCUT2D eigenvalue weighted by Crippen LogP contribution is -1.95. The number of nitrogens with one attached hydrogen (secondary N) is 1. The summed E-state index contributed by atoms with van der Waals surface area (Å²) in [6.07, 6.45) is 0. The van der Waals surface area contributed by atoms with Gasteiger partial charge in [-0.15, -0.1) is 0 Å². The summed E-state index contributed by atoms with van der Waals surface area (Å²) >= 11 is 15.2. The van der Waals surface area contributed by atoms with Gasteiger partial charge in [-0.25, -0.2) is 4.39 Å². The lowest BCUT2D eigenvalue weighted by Gasteiger charge is -2.12. The summed E-state index contributed by atoms with van der Waals surface area (Å²) in [5.41, 5.74) is 7.35. The number of hydrogen-bond donors (Lipinski definition) is 2. The molecular weight excluding hydrogens is 342 g/mol. The van der Waals surface area contributed by atoms with E-state index < -0.39 is 5.82 Å². The van der Waals surface area contributed by atoms with Crippen LogP contribution in [0, 0.1) is 5.82 Å². The monoisotopic (exact) mass is 348 g/mol. The Balaban J connectivity index is 2.40. The van der Waals surface area contributed by atoms with Crippen molar-refractivity contribution in [2.45, 2.75) is 0 Å². The van der Waals surface area contributed by atoms with Crippen LogP contribution in [0.4, 0.5) is 21.5 Å². The van der Waals surface area contributed by atoms with Crippen LogP contribution in [0.2, 0.25) is 10.0 Å². The SMILES string of the molecule is Nc1ccc(Nc2c(Cl)cc(F)cc2Br)c(Cl)c1. The Hall–Kier alpha value is -0.970. The Labute approximate surface area is 122 Å². The van der Waals surface area contributed by atoms with Gasteiger partial charge in [0.15, 0.2) is 0 Å². The number of nitrogens with two attached hydrogens (primary N) is 1. The maximum atomic E-state index is 13.1. The van der Waals surface area contributed by atoms with Crippen LogP contribution in [-0.2, 0) is 0 Å². The zero-order chi connectivity index (χ0) is 13.3. The van der Waals surface area contributed by atoms with Gasteiger partial charge >= 0.3 is 0 Å². The summed E-state index contributed by atoms with van der Waals surface area (Å²) in [7, 11) is 0. The molecule has 0 amide bonds. The molecule has 2 aromatic rings. The predicted octanol–water partition coefficient (Wildman–Crippen LogP) is 5.22. The number of rotatable bonds is 2. The molecule has 18 heavy (non-hydrogen) atoms. The molecule has 0 aromatic heterocycles. The minimum Gasteiger partial charge on any atom is -0.399 e. The highest BCUT2D eigenvalue weighted by Crippen LogP contribution is 2.36. The van der Waals surface area contributed by atoms with Gasteiger partial charge in [-0.1, -0.05) is 23.2 Å². The third-order valence-electron chi connectivity index (χ3n) is 2.26. The molecule has 6 heteroatoms. The second-order valence-electron chi connectivity index (χ2n) is 3.61. The zero-order valence-corrected chi connectivity index (χ0v) is 12.1. The number of halogens is 4. The normalized spacial score (nSPS) is 10.4. The molecule has 0 fully saturated rings. The Morgan fingerprint density at radius 3 is 2.44 bits per heavy atom. The minimum absolute atomic E-state index is 0.259. The fourth-order valence-corrected chi connectivity index (χ4v) is 2.56. The lowest BCUT2D eigenvalue weighted by molar-refractivity contribution is 0.627. The third kappa shape index (κ3) is 2.88. The largest absolute Gasteiger partial charge is 0.399 e. The van der Waals surface area contributed by atoms with E-state index >= 15 is 0 Å². The molecule has 0 saturated heterocycles. The van der Waals surface area contributed by atoms with Crippen LogP contribution in [0.1, 0.15) is 0 Å². The maximum Gasteiger partial charge on any atom is 0.125 e. The summed E-state index contributed by atoms with van der Waals surface area (Å²) in [5.74, 6) is -0.416. The van der Waals surface area contributed by atoms with Gasteiger partial charge in [0.25, 0.3) is 0 Å². The molecule has 94 valence electrons. The summed E-state index contributed by atoms with van der Waals surface area (Å²) in [5, 5.41) is 3.75. The topological polar surface area (TPSA) is 38.0 Å². The predicted molar refractivity (Wildman–Crippen MR) is 78.3 cm³/mol. The summed E-state index contributed by atoms with van der Waals surface area (Å²) in [6.45, 7) is 0. The van der Waals surface area contributed by atoms with Crippen LogP contribution in [-0.4, -0.2) is 0 Å². The molecule has 2 nitrogen and oxygen atoms in total. The molecule has 0 saturated carbocycles. The Morgan fingerprint density at radius 1 is 1.11 bits per heavy atom. The first-order valence-corrected chi connectivity index (χ1v) is 6.49. The number of hydrogen-bond acceptors (Lipinski definition) is 2. The van der Waals surface area contributed by atoms with Crippen molar-refractivity contribution in [3.05, 3.63) is 50.7 Å². The van der Waals surface area contributed by atoms with Crippen molar-refractivity contribution < 1.29 is 4.39 Å². The molecule has 2 aromatic carbocycles. The van der Waals surface area contributed by atoms with Crippen molar-refractivity contribution in [3.63, 3.8) is 0 Å². The van der Waals surface area contributed by atoms with Crippen LogP contribution in [0.5, 0.6) is 0 Å². The molecule has 0 aliphatic heterocycles. The highest BCUT2D eigenvalue weighted by Gasteiger charge is 2.10. The lowest BCUT2D eigenvalue weighted by atomic mass is 10.2. The zero-order valence-electron chi connectivity index (χ0n) is 8.98. The molecule has 3 N–H and O–H groups in total. The van der Waals surface area contributed by atoms with Crippen molar-refractivity contribution in [1.82, 2.24) is 0 Å². The Morgan fingerprint density at radius 2 is 1.83 bits per heavy atom. The summed E-state index contributed by atoms with van der Waals surface area (Å²) in [6, 6.07) is 7.60. The maximum absolute atomic E-state index is 13.1. The van der Waals surface area contributed by atoms with Gasteiger partial charge in [0.1, 0.15) is 5.82 Å². The molecule has 0 unspecified atom stereocenters. The highest BCUT2D eigenvalue weighted by molar-refractivity contribution is 9.10. The number of benzene rings is 2. The molecule has 0 bridgehead atoms. The van der Waals surface area contributed by atoms with E-state index in [2.05, 4.69) is 21.2 Å². The molecule has 0 heterocycles. The third-order valence-corrected chi connectivity index (χ3v) is 3.50. The van der Waals surface area contributed by atoms with Gasteiger partial charge in [0.2, 0.25) is 0 Å². The molecule has 0 aliphatic rings. The van der Waals surface area contributed by atoms with Crippen LogP contribution in [0.15, 0.2) is 34.8 Å². The van der Waals surface area contributed by atoms with E-state index in [1.165, 1.54) is 12.1 Å². The molecule has 0 atom stereocenters. The first-order valence-electron chi connectivity index (χ1n) is 4.94. The van der Waals surface area contributed by atoms with Crippen molar-refractivity contribution in [1.29, 1.82) is 0 Å². The fourth-order valence-electron chi connectivity index (χ4n) is 1.43. The Bertz CT molecular complexity index is 582. The van der Waals surface area contributed by atoms with E-state index in [9.17, 15) is 4.39 Å². The van der Waals surface area contributed by atoms with E-state index in [0.29, 0.717) is 26.6 Å². The quantitative estimate of drug-likeness (QED) is 0.729. The van der Waals surface area contributed by atoms with E-state index in [1.54, 1.807) is 18.2 Å². The molecule has 0 radical (unpaired) electrons. The van der Waals surface area contributed by atoms with Crippen molar-refractivity contribution in [2.24, 2.45) is 0 Å². The summed E-state index contributed by atoms with van der Waals surface area (Å²) < 4.78 is 13.6. The van der Waals surface area contributed by atoms with Gasteiger partial charge < -0.3 is 11.1 Å². The van der Waals surface area contributed by atoms with Crippen LogP contribution in [0.3, 0.4) is 0 Å². The first-order chi connectivity index (χ1) is 8.47. The highest BCUT2D eigenvalue weighted by atomic mass is 79.9. The molecule has 0 spiro atoms. The van der Waals surface area contributed by atoms with Crippen LogP contribution < -0.4 is 11.1 Å². The second kappa shape index (κ2) is 5.34. The van der Waals surface area contributed by atoms with Crippen LogP contribution >= 0.6 is 39.1 Å². The fraction of sp³-hybridized carbons (Fsp3) is 0. The Kier molecular flexibility index (Phi) is 4.00. The molecule has 0 aliphatic carbocycles. The average molecular weight is 350 g/mol. The van der Waals surface area contributed by atoms with Gasteiger partial charge in [-0.3, -0.25) is 0 Å². The van der Waals surface area contributed by atoms with E-state index in [4.69, 9.17) is 28.9 Å². The van der Waals surface area contributed by atoms with Gasteiger partial charge in [-0.05, 0) is 46.3 Å². The minimum atomic E-state index is -0.416. The van der Waals surface area contributed by atoms with Crippen molar-refractivity contribution >= 4 is 56.2 Å². The average Bonchev–Trinajstić information content (AvgIpc) is 2.25. The molecular formula is C12H8BrCl2FN2. The van der Waals surface area contributed by atoms with E-state index in [-0.39, 0.29) is 5.02 Å². The summed E-state index contributed by atoms with van der Waals surface area (Å²) in [4.78, 5) is 0. The van der Waals surface area contributed by atoms with Crippen LogP contribution in [0.25, 0.3) is 0 Å². The van der Waals surface area contributed by atoms with E-state index in [0.717, 1.165) is 0 Å². The van der Waals surface area contributed by atoms with Gasteiger partial charge in [-0.2, -0.15) is 0 Å². The van der Waals surface area contributed by atoms with Gasteiger partial charge in [0.05, 0.1) is 21.4 Å². The first kappa shape index (κ1) is 13.5. The smallest absolute Gasteiger partial charge is 0.125 e. The van der Waals surface area contributed by atoms with Crippen molar-refractivity contribution in [3.8, 4) is 0 Å². The van der Waals surface area contributed by atoms with E-state index in [1.807, 2.05) is 0 Å². The second-order valence-corrected chi connectivity index (χ2v) is 5.28. The van der Waals surface area contributed by atoms with Crippen molar-refractivity contribution in [2.75, 3.05) is 11.1 Å². The standard InChI is InChI=1S/C12H8BrCl2FN2/c13-8-3-6(16)4-10(15)12(8)18-11-2-1-7(17)5-9(11)14/h1-5,18H,17H2. The van der Waals surface area contributed by atoms with Gasteiger partial charge in [0, 0.05) is 10.2 Å². The molecule has 2 rings (SSSR count). The number of nitrogen functional groups attached to an aromatic ring is 1. The number of anilines is 3.